The maximum atomic E-state index is 10.2. The van der Waals surface area contributed by atoms with Gasteiger partial charge in [-0.3, -0.25) is 0 Å². The fourth-order valence-electron chi connectivity index (χ4n) is 5.22. The van der Waals surface area contributed by atoms with Gasteiger partial charge in [0.2, 0.25) is 0 Å². The number of aliphatic hydroxyl groups is 1. The van der Waals surface area contributed by atoms with Crippen molar-refractivity contribution in [3.63, 3.8) is 0 Å². The lowest BCUT2D eigenvalue weighted by Crippen LogP contribution is -2.58. The molecule has 0 bridgehead atoms. The van der Waals surface area contributed by atoms with Crippen LogP contribution in [-0.2, 0) is 11.0 Å². The predicted octanol–water partition coefficient (Wildman–Crippen LogP) is 5.67. The van der Waals surface area contributed by atoms with E-state index in [1.165, 1.54) is 0 Å². The molecule has 0 saturated heterocycles. The standard InChI is InChI=1S/C28H29N5OS/c1-26(2,3)22-13-23-30-14-18-12-20(21-6-5-11-35-21)24(31-25(18)33(23)32-22)17-7-9-19(10-8-17)28(29)15-27(4,34)16-28/h5-14,34H,15-16,29H2,1-4H3. The Morgan fingerprint density at radius 2 is 1.83 bits per heavy atom. The Bertz CT molecular complexity index is 1550. The van der Waals surface area contributed by atoms with E-state index in [2.05, 4.69) is 73.6 Å². The first kappa shape index (κ1) is 22.3. The van der Waals surface area contributed by atoms with Crippen molar-refractivity contribution in [3.05, 3.63) is 71.4 Å². The Kier molecular flexibility index (Phi) is 4.75. The van der Waals surface area contributed by atoms with Crippen molar-refractivity contribution in [2.45, 2.75) is 57.1 Å². The summed E-state index contributed by atoms with van der Waals surface area (Å²) in [4.78, 5) is 11.0. The fraction of sp³-hybridized carbons (Fsp3) is 0.321. The van der Waals surface area contributed by atoms with Crippen molar-refractivity contribution < 1.29 is 5.11 Å². The summed E-state index contributed by atoms with van der Waals surface area (Å²) < 4.78 is 1.86. The molecule has 3 N–H and O–H groups in total. The molecule has 0 aliphatic heterocycles. The molecule has 7 heteroatoms. The van der Waals surface area contributed by atoms with Crippen LogP contribution in [0.1, 0.15) is 51.8 Å². The summed E-state index contributed by atoms with van der Waals surface area (Å²) >= 11 is 1.69. The summed E-state index contributed by atoms with van der Waals surface area (Å²) in [5, 5.41) is 18.1. The van der Waals surface area contributed by atoms with Crippen LogP contribution in [-0.4, -0.2) is 30.3 Å². The topological polar surface area (TPSA) is 89.3 Å². The van der Waals surface area contributed by atoms with E-state index in [9.17, 15) is 5.11 Å². The number of hydrogen-bond donors (Lipinski definition) is 2. The molecule has 178 valence electrons. The van der Waals surface area contributed by atoms with Gasteiger partial charge in [0.1, 0.15) is 0 Å². The summed E-state index contributed by atoms with van der Waals surface area (Å²) in [5.74, 6) is 0. The molecule has 0 amide bonds. The summed E-state index contributed by atoms with van der Waals surface area (Å²) in [6.45, 7) is 8.29. The first-order valence-electron chi connectivity index (χ1n) is 11.9. The Hall–Kier alpha value is -3.13. The number of thiophene rings is 1. The van der Waals surface area contributed by atoms with Crippen LogP contribution < -0.4 is 5.73 Å². The summed E-state index contributed by atoms with van der Waals surface area (Å²) in [6, 6.07) is 16.7. The summed E-state index contributed by atoms with van der Waals surface area (Å²) in [6.07, 6.45) is 3.01. The Morgan fingerprint density at radius 1 is 1.09 bits per heavy atom. The zero-order chi connectivity index (χ0) is 24.6. The molecule has 1 aliphatic rings. The fourth-order valence-corrected chi connectivity index (χ4v) is 5.96. The highest BCUT2D eigenvalue weighted by Crippen LogP contribution is 2.46. The third-order valence-electron chi connectivity index (χ3n) is 6.94. The van der Waals surface area contributed by atoms with Crippen molar-refractivity contribution in [3.8, 4) is 21.7 Å². The van der Waals surface area contributed by atoms with Gasteiger partial charge in [-0.15, -0.1) is 11.3 Å². The highest BCUT2D eigenvalue weighted by Gasteiger charge is 2.49. The number of aromatic nitrogens is 4. The maximum absolute atomic E-state index is 10.2. The SMILES string of the molecule is CC1(O)CC(N)(c2ccc(-c3nc4c(cnc5cc(C(C)(C)C)nn54)cc3-c3cccs3)cc2)C1. The molecular weight excluding hydrogens is 454 g/mol. The molecule has 0 atom stereocenters. The number of hydrogen-bond acceptors (Lipinski definition) is 6. The van der Waals surface area contributed by atoms with E-state index in [1.54, 1.807) is 11.3 Å². The van der Waals surface area contributed by atoms with Gasteiger partial charge in [-0.05, 0) is 42.8 Å². The lowest BCUT2D eigenvalue weighted by atomic mass is 9.63. The van der Waals surface area contributed by atoms with Gasteiger partial charge in [-0.2, -0.15) is 9.61 Å². The van der Waals surface area contributed by atoms with Crippen molar-refractivity contribution in [2.75, 3.05) is 0 Å². The molecule has 6 rings (SSSR count). The molecule has 0 unspecified atom stereocenters. The van der Waals surface area contributed by atoms with Crippen molar-refractivity contribution in [1.29, 1.82) is 0 Å². The Labute approximate surface area is 208 Å². The molecule has 6 nitrogen and oxygen atoms in total. The zero-order valence-corrected chi connectivity index (χ0v) is 21.2. The van der Waals surface area contributed by atoms with Crippen LogP contribution in [0.3, 0.4) is 0 Å². The third kappa shape index (κ3) is 3.75. The first-order chi connectivity index (χ1) is 16.5. The molecule has 0 radical (unpaired) electrons. The summed E-state index contributed by atoms with van der Waals surface area (Å²) in [5.41, 5.74) is 11.9. The minimum absolute atomic E-state index is 0.0834. The third-order valence-corrected chi connectivity index (χ3v) is 7.84. The van der Waals surface area contributed by atoms with Gasteiger partial charge in [-0.1, -0.05) is 51.1 Å². The van der Waals surface area contributed by atoms with Gasteiger partial charge < -0.3 is 10.8 Å². The monoisotopic (exact) mass is 483 g/mol. The quantitative estimate of drug-likeness (QED) is 0.345. The zero-order valence-electron chi connectivity index (χ0n) is 20.4. The lowest BCUT2D eigenvalue weighted by molar-refractivity contribution is -0.0738. The number of fused-ring (bicyclic) bond motifs is 3. The van der Waals surface area contributed by atoms with E-state index in [0.29, 0.717) is 12.8 Å². The average molecular weight is 484 g/mol. The Balaban J connectivity index is 1.52. The molecule has 0 spiro atoms. The van der Waals surface area contributed by atoms with Gasteiger partial charge in [0.05, 0.1) is 17.0 Å². The van der Waals surface area contributed by atoms with E-state index in [1.807, 2.05) is 23.7 Å². The van der Waals surface area contributed by atoms with Crippen LogP contribution in [0.4, 0.5) is 0 Å². The van der Waals surface area contributed by atoms with E-state index in [-0.39, 0.29) is 5.41 Å². The van der Waals surface area contributed by atoms with Crippen LogP contribution in [0.5, 0.6) is 0 Å². The molecule has 5 aromatic rings. The first-order valence-corrected chi connectivity index (χ1v) is 12.8. The molecular formula is C28H29N5OS. The maximum Gasteiger partial charge on any atom is 0.165 e. The molecule has 4 aromatic heterocycles. The minimum atomic E-state index is -0.686. The van der Waals surface area contributed by atoms with Gasteiger partial charge in [0.15, 0.2) is 11.3 Å². The average Bonchev–Trinajstić information content (AvgIpc) is 3.47. The number of nitrogens with zero attached hydrogens (tertiary/aromatic N) is 4. The summed E-state index contributed by atoms with van der Waals surface area (Å²) in [7, 11) is 0. The second kappa shape index (κ2) is 7.43. The predicted molar refractivity (Wildman–Crippen MR) is 141 cm³/mol. The number of nitrogens with two attached hydrogens (primary N) is 1. The molecule has 1 aliphatic carbocycles. The highest BCUT2D eigenvalue weighted by atomic mass is 32.1. The number of rotatable bonds is 3. The van der Waals surface area contributed by atoms with E-state index >= 15 is 0 Å². The van der Waals surface area contributed by atoms with Gasteiger partial charge in [0.25, 0.3) is 0 Å². The van der Waals surface area contributed by atoms with Crippen LogP contribution in [0.15, 0.2) is 60.1 Å². The van der Waals surface area contributed by atoms with Crippen LogP contribution in [0, 0.1) is 0 Å². The molecule has 4 heterocycles. The van der Waals surface area contributed by atoms with Crippen LogP contribution >= 0.6 is 11.3 Å². The largest absolute Gasteiger partial charge is 0.390 e. The number of pyridine rings is 1. The van der Waals surface area contributed by atoms with Gasteiger partial charge >= 0.3 is 0 Å². The highest BCUT2D eigenvalue weighted by molar-refractivity contribution is 7.13. The minimum Gasteiger partial charge on any atom is -0.390 e. The van der Waals surface area contributed by atoms with Crippen LogP contribution in [0.2, 0.25) is 0 Å². The molecule has 1 saturated carbocycles. The van der Waals surface area contributed by atoms with Crippen molar-refractivity contribution in [1.82, 2.24) is 19.6 Å². The van der Waals surface area contributed by atoms with Gasteiger partial charge in [-0.25, -0.2) is 9.97 Å². The molecule has 1 aromatic carbocycles. The van der Waals surface area contributed by atoms with Crippen molar-refractivity contribution in [2.24, 2.45) is 5.73 Å². The molecule has 35 heavy (non-hydrogen) atoms. The van der Waals surface area contributed by atoms with E-state index in [4.69, 9.17) is 15.8 Å². The Morgan fingerprint density at radius 3 is 2.46 bits per heavy atom. The second-order valence-corrected chi connectivity index (χ2v) is 12.1. The lowest BCUT2D eigenvalue weighted by Gasteiger charge is -2.49. The second-order valence-electron chi connectivity index (χ2n) is 11.2. The smallest absolute Gasteiger partial charge is 0.165 e. The number of benzene rings is 1. The van der Waals surface area contributed by atoms with Crippen molar-refractivity contribution >= 4 is 28.0 Å². The normalized spacial score (nSPS) is 22.6. The van der Waals surface area contributed by atoms with Crippen LogP contribution in [0.25, 0.3) is 38.4 Å². The van der Waals surface area contributed by atoms with Gasteiger partial charge in [0, 0.05) is 44.6 Å². The van der Waals surface area contributed by atoms with E-state index < -0.39 is 11.1 Å². The van der Waals surface area contributed by atoms with E-state index in [0.717, 1.165) is 49.6 Å². The molecule has 1 fully saturated rings.